The second kappa shape index (κ2) is 12.2. The number of rotatable bonds is 12. The number of likely N-dealkylation sites (tertiary alicyclic amines) is 1. The highest BCUT2D eigenvalue weighted by molar-refractivity contribution is 6.38. The van der Waals surface area contributed by atoms with Gasteiger partial charge in [0, 0.05) is 18.6 Å². The predicted molar refractivity (Wildman–Crippen MR) is 172 cm³/mol. The van der Waals surface area contributed by atoms with Crippen molar-refractivity contribution in [2.45, 2.75) is 110 Å². The molecule has 0 aromatic heterocycles. The van der Waals surface area contributed by atoms with Gasteiger partial charge in [-0.05, 0) is 91.8 Å². The monoisotopic (exact) mass is 623 g/mol. The Balaban J connectivity index is 1.30. The van der Waals surface area contributed by atoms with Crippen molar-refractivity contribution in [1.29, 1.82) is 0 Å². The summed E-state index contributed by atoms with van der Waals surface area (Å²) in [4.78, 5) is 69.0. The zero-order valence-corrected chi connectivity index (χ0v) is 27.7. The molecule has 0 aromatic rings. The van der Waals surface area contributed by atoms with Gasteiger partial charge < -0.3 is 26.2 Å². The molecule has 248 valence electrons. The van der Waals surface area contributed by atoms with Gasteiger partial charge in [0.25, 0.3) is 5.91 Å². The molecule has 0 aromatic carbocycles. The molecular formula is C35H53N5O5. The minimum absolute atomic E-state index is 0.0776. The first-order chi connectivity index (χ1) is 21.1. The fraction of sp³-hybridized carbons (Fsp3) is 0.743. The number of amides is 5. The van der Waals surface area contributed by atoms with Crippen LogP contribution in [0.4, 0.5) is 4.79 Å². The zero-order chi connectivity index (χ0) is 32.9. The van der Waals surface area contributed by atoms with Crippen LogP contribution in [0.1, 0.15) is 86.0 Å². The van der Waals surface area contributed by atoms with Crippen LogP contribution >= 0.6 is 0 Å². The number of Topliss-reactive ketones (excluding diaryl/α,β-unsaturated/α-hetero) is 1. The molecule has 45 heavy (non-hydrogen) atoms. The van der Waals surface area contributed by atoms with E-state index in [1.54, 1.807) is 11.0 Å². The first-order valence-electron chi connectivity index (χ1n) is 16.8. The van der Waals surface area contributed by atoms with Crippen LogP contribution in [0.3, 0.4) is 0 Å². The van der Waals surface area contributed by atoms with Gasteiger partial charge in [-0.1, -0.05) is 46.8 Å². The topological polar surface area (TPSA) is 137 Å². The van der Waals surface area contributed by atoms with Gasteiger partial charge in [0.1, 0.15) is 18.1 Å². The van der Waals surface area contributed by atoms with Crippen LogP contribution in [0.5, 0.6) is 0 Å². The normalized spacial score (nSPS) is 33.3. The molecule has 0 spiro atoms. The SMILES string of the molecule is C=CCCNC(=O)C(=O)[C@H](CC=C)NC(=O)[C@@H]1[C@@H]2[C@H](CN1C(=O)[C@@H](NC(=O)NC13CC4CC(CC(C4)C1)C3)C(C)(C)C)C2(C)C. The van der Waals surface area contributed by atoms with E-state index in [1.165, 1.54) is 25.3 Å². The summed E-state index contributed by atoms with van der Waals surface area (Å²) >= 11 is 0. The van der Waals surface area contributed by atoms with Crippen molar-refractivity contribution in [3.63, 3.8) is 0 Å². The summed E-state index contributed by atoms with van der Waals surface area (Å²) in [6.45, 7) is 17.9. The number of carbonyl (C=O) groups excluding carboxylic acids is 5. The first kappa shape index (κ1) is 33.2. The molecule has 0 unspecified atom stereocenters. The summed E-state index contributed by atoms with van der Waals surface area (Å²) in [6, 6.07) is -3.10. The Morgan fingerprint density at radius 2 is 1.53 bits per heavy atom. The second-order valence-corrected chi connectivity index (χ2v) is 16.3. The van der Waals surface area contributed by atoms with E-state index in [9.17, 15) is 24.0 Å². The van der Waals surface area contributed by atoms with E-state index >= 15 is 0 Å². The van der Waals surface area contributed by atoms with Crippen molar-refractivity contribution < 1.29 is 24.0 Å². The van der Waals surface area contributed by atoms with E-state index in [0.29, 0.717) is 30.7 Å². The number of urea groups is 1. The lowest BCUT2D eigenvalue weighted by Crippen LogP contribution is -2.65. The molecule has 5 aliphatic carbocycles. The third kappa shape index (κ3) is 6.57. The second-order valence-electron chi connectivity index (χ2n) is 16.3. The highest BCUT2D eigenvalue weighted by Gasteiger charge is 2.70. The van der Waals surface area contributed by atoms with Crippen LogP contribution in [0.25, 0.3) is 0 Å². The molecule has 6 aliphatic rings. The van der Waals surface area contributed by atoms with Crippen molar-refractivity contribution in [3.8, 4) is 0 Å². The maximum Gasteiger partial charge on any atom is 0.315 e. The fourth-order valence-corrected chi connectivity index (χ4v) is 9.49. The highest BCUT2D eigenvalue weighted by Crippen LogP contribution is 2.65. The first-order valence-corrected chi connectivity index (χ1v) is 16.8. The highest BCUT2D eigenvalue weighted by atomic mass is 16.2. The number of nitrogens with zero attached hydrogens (tertiary/aromatic N) is 1. The Morgan fingerprint density at radius 3 is 2.07 bits per heavy atom. The van der Waals surface area contributed by atoms with E-state index in [2.05, 4.69) is 48.3 Å². The van der Waals surface area contributed by atoms with Gasteiger partial charge in [-0.25, -0.2) is 4.79 Å². The molecule has 4 bridgehead atoms. The molecule has 1 saturated heterocycles. The van der Waals surface area contributed by atoms with Gasteiger partial charge in [0.2, 0.25) is 17.6 Å². The number of fused-ring (bicyclic) bond motifs is 1. The average molecular weight is 624 g/mol. The molecule has 1 aliphatic heterocycles. The Hall–Kier alpha value is -3.17. The standard InChI is InChI=1S/C35H53N5O5/c1-8-10-12-36-30(43)27(41)24(11-9-2)37-29(42)26-25-23(34(25,6)7)19-40(26)31(44)28(33(3,4)5)38-32(45)39-35-16-20-13-21(17-35)15-22(14-20)18-35/h8-9,20-26,28H,1-2,10-19H2,3-7H3,(H,36,43)(H,37,42)(H2,38,39,45)/t20?,21?,22?,23-,24-,25-,26-,28+,35?/m0/s1. The number of carbonyl (C=O) groups is 5. The molecule has 6 fully saturated rings. The summed E-state index contributed by atoms with van der Waals surface area (Å²) in [7, 11) is 0. The summed E-state index contributed by atoms with van der Waals surface area (Å²) < 4.78 is 0. The van der Waals surface area contributed by atoms with E-state index < -0.39 is 41.1 Å². The quantitative estimate of drug-likeness (QED) is 0.150. The Kier molecular flexibility index (Phi) is 9.01. The predicted octanol–water partition coefficient (Wildman–Crippen LogP) is 3.47. The van der Waals surface area contributed by atoms with E-state index in [4.69, 9.17) is 0 Å². The Morgan fingerprint density at radius 1 is 0.933 bits per heavy atom. The molecule has 5 amide bonds. The number of piperidine rings is 1. The average Bonchev–Trinajstić information content (AvgIpc) is 3.25. The molecular weight excluding hydrogens is 570 g/mol. The van der Waals surface area contributed by atoms with E-state index in [0.717, 1.165) is 19.3 Å². The molecule has 5 saturated carbocycles. The lowest BCUT2D eigenvalue weighted by Gasteiger charge is -2.56. The van der Waals surface area contributed by atoms with Crippen LogP contribution in [0.2, 0.25) is 0 Å². The summed E-state index contributed by atoms with van der Waals surface area (Å²) in [6.07, 6.45) is 10.5. The number of hydrogen-bond donors (Lipinski definition) is 4. The molecule has 5 atom stereocenters. The van der Waals surface area contributed by atoms with Crippen molar-refractivity contribution in [3.05, 3.63) is 25.3 Å². The van der Waals surface area contributed by atoms with Crippen molar-refractivity contribution in [1.82, 2.24) is 26.2 Å². The van der Waals surface area contributed by atoms with Crippen LogP contribution < -0.4 is 21.3 Å². The van der Waals surface area contributed by atoms with Crippen molar-refractivity contribution in [2.24, 2.45) is 40.4 Å². The lowest BCUT2D eigenvalue weighted by atomic mass is 9.53. The van der Waals surface area contributed by atoms with Gasteiger partial charge in [-0.15, -0.1) is 13.2 Å². The molecule has 10 heteroatoms. The summed E-state index contributed by atoms with van der Waals surface area (Å²) in [5.74, 6) is -0.272. The molecule has 10 nitrogen and oxygen atoms in total. The largest absolute Gasteiger partial charge is 0.349 e. The van der Waals surface area contributed by atoms with Crippen molar-refractivity contribution >= 4 is 29.5 Å². The van der Waals surface area contributed by atoms with Crippen molar-refractivity contribution in [2.75, 3.05) is 13.1 Å². The molecule has 1 heterocycles. The Bertz CT molecular complexity index is 1220. The summed E-state index contributed by atoms with van der Waals surface area (Å²) in [5.41, 5.74) is -0.972. The molecule has 4 N–H and O–H groups in total. The van der Waals surface area contributed by atoms with Crippen LogP contribution in [0.15, 0.2) is 25.3 Å². The van der Waals surface area contributed by atoms with Gasteiger partial charge >= 0.3 is 6.03 Å². The number of hydrogen-bond acceptors (Lipinski definition) is 5. The Labute approximate surface area is 268 Å². The minimum Gasteiger partial charge on any atom is -0.349 e. The fourth-order valence-electron chi connectivity index (χ4n) is 9.49. The van der Waals surface area contributed by atoms with E-state index in [1.807, 2.05) is 20.8 Å². The third-order valence-electron chi connectivity index (χ3n) is 11.5. The van der Waals surface area contributed by atoms with Gasteiger partial charge in [-0.2, -0.15) is 0 Å². The maximum absolute atomic E-state index is 14.3. The van der Waals surface area contributed by atoms with Gasteiger partial charge in [0.15, 0.2) is 0 Å². The van der Waals surface area contributed by atoms with Crippen LogP contribution in [0, 0.1) is 40.4 Å². The third-order valence-corrected chi connectivity index (χ3v) is 11.5. The number of ketones is 1. The van der Waals surface area contributed by atoms with Gasteiger partial charge in [0.05, 0.1) is 0 Å². The maximum atomic E-state index is 14.3. The minimum atomic E-state index is -1.10. The van der Waals surface area contributed by atoms with Crippen LogP contribution in [-0.4, -0.2) is 71.2 Å². The molecule has 0 radical (unpaired) electrons. The van der Waals surface area contributed by atoms with Gasteiger partial charge in [-0.3, -0.25) is 19.2 Å². The lowest BCUT2D eigenvalue weighted by molar-refractivity contribution is -0.145. The van der Waals surface area contributed by atoms with E-state index in [-0.39, 0.29) is 47.7 Å². The number of nitrogens with one attached hydrogen (secondary N) is 4. The molecule has 6 rings (SSSR count). The van der Waals surface area contributed by atoms with Crippen LogP contribution in [-0.2, 0) is 19.2 Å². The zero-order valence-electron chi connectivity index (χ0n) is 27.7. The summed E-state index contributed by atoms with van der Waals surface area (Å²) in [5, 5.41) is 11.7. The smallest absolute Gasteiger partial charge is 0.315 e.